The van der Waals surface area contributed by atoms with Gasteiger partial charge in [-0.15, -0.1) is 0 Å². The van der Waals surface area contributed by atoms with E-state index in [1.165, 1.54) is 5.56 Å². The summed E-state index contributed by atoms with van der Waals surface area (Å²) < 4.78 is 14.2. The average Bonchev–Trinajstić information content (AvgIpc) is 2.77. The average molecular weight is 402 g/mol. The van der Waals surface area contributed by atoms with Crippen LogP contribution in [-0.4, -0.2) is 18.3 Å². The van der Waals surface area contributed by atoms with Crippen molar-refractivity contribution in [3.8, 4) is 6.07 Å². The standard InChI is InChI=1S/C19H22BN2O2.BrH/c1-18(2)19(3,4)24-20(23-18)17-7-5-16(6-8-17)14-22-11-9-15(13-21)10-12-22;/h5-12H,14H2,1-4H3;1H/q+1;/p-1/i21+1;. The van der Waals surface area contributed by atoms with Gasteiger partial charge >= 0.3 is 7.12 Å². The molecule has 0 bridgehead atoms. The Hall–Kier alpha value is -1.68. The predicted octanol–water partition coefficient (Wildman–Crippen LogP) is -0.803. The number of nitrogens with zero attached hydrogens (tertiary/aromatic N) is 2. The van der Waals surface area contributed by atoms with Crippen molar-refractivity contribution in [2.45, 2.75) is 45.4 Å². The zero-order valence-electron chi connectivity index (χ0n) is 15.0. The SMILES string of the molecule is CC1(C)OB(c2ccc(C[n+]3ccc(C#[15N])cc3)cc2)OC1(C)C.[Br-]. The largest absolute Gasteiger partial charge is 1.00 e. The first-order valence-corrected chi connectivity index (χ1v) is 8.14. The van der Waals surface area contributed by atoms with E-state index >= 15 is 0 Å². The quantitative estimate of drug-likeness (QED) is 0.384. The zero-order valence-corrected chi connectivity index (χ0v) is 16.6. The minimum atomic E-state index is -0.327. The molecule has 1 fully saturated rings. The van der Waals surface area contributed by atoms with Gasteiger partial charge in [0.25, 0.3) is 0 Å². The third kappa shape index (κ3) is 4.12. The van der Waals surface area contributed by atoms with Crippen LogP contribution >= 0.6 is 0 Å². The van der Waals surface area contributed by atoms with Gasteiger partial charge in [-0.05, 0) is 33.2 Å². The molecule has 0 N–H and O–H groups in total. The minimum Gasteiger partial charge on any atom is -1.00 e. The summed E-state index contributed by atoms with van der Waals surface area (Å²) in [5.74, 6) is 0. The van der Waals surface area contributed by atoms with Gasteiger partial charge in [0.1, 0.15) is 0 Å². The van der Waals surface area contributed by atoms with Gasteiger partial charge in [0.2, 0.25) is 0 Å². The van der Waals surface area contributed by atoms with E-state index in [9.17, 15) is 0 Å². The smallest absolute Gasteiger partial charge is 0.494 e. The molecule has 130 valence electrons. The molecule has 1 aliphatic rings. The van der Waals surface area contributed by atoms with Gasteiger partial charge in [-0.25, -0.2) is 4.57 Å². The Labute approximate surface area is 160 Å². The Morgan fingerprint density at radius 1 is 0.960 bits per heavy atom. The third-order valence-electron chi connectivity index (χ3n) is 4.89. The number of benzene rings is 1. The van der Waals surface area contributed by atoms with E-state index in [1.54, 1.807) is 0 Å². The van der Waals surface area contributed by atoms with Gasteiger partial charge < -0.3 is 26.3 Å². The lowest BCUT2D eigenvalue weighted by molar-refractivity contribution is -0.688. The molecule has 0 saturated carbocycles. The molecule has 0 spiro atoms. The number of halogens is 1. The second-order valence-electron chi connectivity index (χ2n) is 7.20. The fraction of sp³-hybridized carbons (Fsp3) is 0.368. The van der Waals surface area contributed by atoms with E-state index in [0.29, 0.717) is 5.56 Å². The lowest BCUT2D eigenvalue weighted by Gasteiger charge is -2.32. The van der Waals surface area contributed by atoms with Crippen LogP contribution in [0.4, 0.5) is 0 Å². The van der Waals surface area contributed by atoms with Gasteiger partial charge in [-0.1, -0.05) is 24.3 Å². The van der Waals surface area contributed by atoms with Crippen LogP contribution in [-0.2, 0) is 15.9 Å². The fourth-order valence-corrected chi connectivity index (χ4v) is 2.61. The molecular formula is C19H22BBrN2O2. The Kier molecular flexibility index (Phi) is 5.73. The van der Waals surface area contributed by atoms with E-state index in [2.05, 4.69) is 58.0 Å². The van der Waals surface area contributed by atoms with Crippen molar-refractivity contribution in [2.24, 2.45) is 0 Å². The molecule has 2 heterocycles. The van der Waals surface area contributed by atoms with Crippen LogP contribution < -0.4 is 27.0 Å². The predicted molar refractivity (Wildman–Crippen MR) is 92.6 cm³/mol. The third-order valence-corrected chi connectivity index (χ3v) is 4.89. The van der Waals surface area contributed by atoms with Crippen LogP contribution in [0.15, 0.2) is 48.8 Å². The topological polar surface area (TPSA) is 46.1 Å². The number of hydrogen-bond donors (Lipinski definition) is 0. The van der Waals surface area contributed by atoms with Crippen LogP contribution in [0.2, 0.25) is 0 Å². The minimum absolute atomic E-state index is 0. The molecule has 1 saturated heterocycles. The van der Waals surface area contributed by atoms with Crippen molar-refractivity contribution in [3.05, 3.63) is 59.9 Å². The van der Waals surface area contributed by atoms with Crippen LogP contribution in [0, 0.1) is 11.3 Å². The molecule has 25 heavy (non-hydrogen) atoms. The Bertz CT molecular complexity index is 752. The molecule has 0 atom stereocenters. The first-order valence-electron chi connectivity index (χ1n) is 8.14. The highest BCUT2D eigenvalue weighted by atomic mass is 79.9. The van der Waals surface area contributed by atoms with Crippen molar-refractivity contribution in [1.29, 1.82) is 5.26 Å². The normalized spacial score (nSPS) is 17.6. The molecule has 1 aromatic heterocycles. The van der Waals surface area contributed by atoms with E-state index in [0.717, 1.165) is 12.0 Å². The summed E-state index contributed by atoms with van der Waals surface area (Å²) in [7, 11) is -0.327. The van der Waals surface area contributed by atoms with Crippen LogP contribution in [0.3, 0.4) is 0 Å². The highest BCUT2D eigenvalue weighted by Gasteiger charge is 2.51. The molecule has 1 aromatic carbocycles. The summed E-state index contributed by atoms with van der Waals surface area (Å²) in [4.78, 5) is 0. The van der Waals surface area contributed by atoms with Crippen LogP contribution in [0.5, 0.6) is 0 Å². The summed E-state index contributed by atoms with van der Waals surface area (Å²) in [6.07, 6.45) is 3.83. The molecule has 0 amide bonds. The molecule has 4 nitrogen and oxygen atoms in total. The summed E-state index contributed by atoms with van der Waals surface area (Å²) in [5, 5.41) is 8.84. The number of aromatic nitrogens is 1. The van der Waals surface area contributed by atoms with Gasteiger partial charge in [0.05, 0.1) is 22.8 Å². The molecular weight excluding hydrogens is 380 g/mol. The summed E-state index contributed by atoms with van der Waals surface area (Å²) in [6.45, 7) is 8.99. The van der Waals surface area contributed by atoms with Crippen LogP contribution in [0.1, 0.15) is 38.8 Å². The Morgan fingerprint density at radius 2 is 1.48 bits per heavy atom. The van der Waals surface area contributed by atoms with Crippen molar-refractivity contribution < 1.29 is 30.9 Å². The van der Waals surface area contributed by atoms with Crippen LogP contribution in [0.25, 0.3) is 0 Å². The number of pyridine rings is 1. The molecule has 0 aliphatic carbocycles. The van der Waals surface area contributed by atoms with Crippen molar-refractivity contribution in [3.63, 3.8) is 0 Å². The number of hydrogen-bond acceptors (Lipinski definition) is 3. The first-order chi connectivity index (χ1) is 11.3. The highest BCUT2D eigenvalue weighted by molar-refractivity contribution is 6.62. The fourth-order valence-electron chi connectivity index (χ4n) is 2.61. The van der Waals surface area contributed by atoms with Crippen molar-refractivity contribution in [1.82, 2.24) is 0 Å². The maximum atomic E-state index is 8.84. The summed E-state index contributed by atoms with van der Waals surface area (Å²) in [5.41, 5.74) is 2.23. The lowest BCUT2D eigenvalue weighted by Crippen LogP contribution is -3.00. The van der Waals surface area contributed by atoms with E-state index in [-0.39, 0.29) is 35.3 Å². The molecule has 6 heteroatoms. The molecule has 2 aromatic rings. The Balaban J connectivity index is 0.00000225. The first kappa shape index (κ1) is 19.6. The van der Waals surface area contributed by atoms with Gasteiger partial charge in [-0.2, -0.15) is 5.26 Å². The number of rotatable bonds is 3. The summed E-state index contributed by atoms with van der Waals surface area (Å²) >= 11 is 0. The maximum Gasteiger partial charge on any atom is 0.494 e. The number of nitriles is 1. The lowest BCUT2D eigenvalue weighted by atomic mass is 9.79. The van der Waals surface area contributed by atoms with Crippen molar-refractivity contribution >= 4 is 12.6 Å². The van der Waals surface area contributed by atoms with Crippen molar-refractivity contribution in [2.75, 3.05) is 0 Å². The molecule has 1 aliphatic heterocycles. The molecule has 0 radical (unpaired) electrons. The molecule has 3 rings (SSSR count). The highest BCUT2D eigenvalue weighted by Crippen LogP contribution is 2.36. The maximum absolute atomic E-state index is 8.84. The van der Waals surface area contributed by atoms with Gasteiger partial charge in [-0.3, -0.25) is 0 Å². The van der Waals surface area contributed by atoms with E-state index in [4.69, 9.17) is 14.6 Å². The van der Waals surface area contributed by atoms with Gasteiger partial charge in [0, 0.05) is 17.7 Å². The monoisotopic (exact) mass is 401 g/mol. The van der Waals surface area contributed by atoms with E-state index < -0.39 is 0 Å². The molecule has 0 unspecified atom stereocenters. The second kappa shape index (κ2) is 7.29. The van der Waals surface area contributed by atoms with Gasteiger partial charge in [0.15, 0.2) is 18.9 Å². The second-order valence-corrected chi connectivity index (χ2v) is 7.20. The zero-order chi connectivity index (χ0) is 17.4. The van der Waals surface area contributed by atoms with E-state index in [1.807, 2.05) is 29.1 Å². The summed E-state index contributed by atoms with van der Waals surface area (Å²) in [6, 6.07) is 14.1. The Morgan fingerprint density at radius 3 is 1.96 bits per heavy atom.